The number of ether oxygens (including phenoxy) is 2. The third-order valence-corrected chi connectivity index (χ3v) is 8.59. The summed E-state index contributed by atoms with van der Waals surface area (Å²) in [5, 5.41) is 13.2. The molecule has 222 valence electrons. The van der Waals surface area contributed by atoms with Crippen LogP contribution in [0.4, 0.5) is 5.69 Å². The summed E-state index contributed by atoms with van der Waals surface area (Å²) in [4.78, 5) is 43.7. The number of nitro groups is 1. The minimum absolute atomic E-state index is 0.00889. The summed E-state index contributed by atoms with van der Waals surface area (Å²) in [6.07, 6.45) is 1.61. The minimum atomic E-state index is -0.867. The molecule has 44 heavy (non-hydrogen) atoms. The molecule has 0 spiro atoms. The number of nitro benzene ring substituents is 1. The van der Waals surface area contributed by atoms with Crippen LogP contribution < -0.4 is 19.6 Å². The van der Waals surface area contributed by atoms with Gasteiger partial charge < -0.3 is 13.9 Å². The van der Waals surface area contributed by atoms with Crippen LogP contribution in [0.15, 0.2) is 92.2 Å². The zero-order valence-electron chi connectivity index (χ0n) is 24.3. The molecule has 1 aliphatic heterocycles. The maximum atomic E-state index is 14.2. The van der Waals surface area contributed by atoms with Gasteiger partial charge in [-0.25, -0.2) is 9.79 Å². The van der Waals surface area contributed by atoms with Crippen molar-refractivity contribution in [2.75, 3.05) is 13.7 Å². The van der Waals surface area contributed by atoms with Crippen LogP contribution in [-0.4, -0.2) is 29.2 Å². The standard InChI is InChI=1S/C33H27N3O7S/c1-5-42-32(38)28-19(3)34-33-35(30(28)29-23-10-7-6-9-20(23)13-15-26(29)41-4)31(37)27(44-33)17-21-14-16-25(43-21)22-11-8-12-24(18(22)2)36(39)40/h6-17,30H,5H2,1-4H3/b27-17-/t30-/m1/s1. The van der Waals surface area contributed by atoms with Crippen molar-refractivity contribution in [2.24, 2.45) is 4.99 Å². The van der Waals surface area contributed by atoms with Crippen LogP contribution in [0, 0.1) is 17.0 Å². The van der Waals surface area contributed by atoms with Crippen molar-refractivity contribution in [3.8, 4) is 17.1 Å². The highest BCUT2D eigenvalue weighted by atomic mass is 32.1. The number of esters is 1. The van der Waals surface area contributed by atoms with E-state index in [0.717, 1.165) is 10.8 Å². The van der Waals surface area contributed by atoms with Crippen molar-refractivity contribution in [3.63, 3.8) is 0 Å². The summed E-state index contributed by atoms with van der Waals surface area (Å²) >= 11 is 1.17. The smallest absolute Gasteiger partial charge is 0.338 e. The number of rotatable bonds is 7. The monoisotopic (exact) mass is 609 g/mol. The van der Waals surface area contributed by atoms with Crippen molar-refractivity contribution >= 4 is 39.8 Å². The topological polar surface area (TPSA) is 126 Å². The van der Waals surface area contributed by atoms with Crippen molar-refractivity contribution in [1.29, 1.82) is 0 Å². The van der Waals surface area contributed by atoms with Gasteiger partial charge in [-0.15, -0.1) is 0 Å². The van der Waals surface area contributed by atoms with E-state index in [2.05, 4.69) is 4.99 Å². The van der Waals surface area contributed by atoms with Crippen molar-refractivity contribution in [2.45, 2.75) is 26.8 Å². The number of furan rings is 1. The first-order chi connectivity index (χ1) is 21.2. The SMILES string of the molecule is CCOC(=O)C1=C(C)N=c2s/c(=C\c3ccc(-c4cccc([N+](=O)[O-])c4C)o3)c(=O)n2[C@H]1c1c(OC)ccc2ccccc12. The summed E-state index contributed by atoms with van der Waals surface area (Å²) in [7, 11) is 1.55. The lowest BCUT2D eigenvalue weighted by atomic mass is 9.90. The average molecular weight is 610 g/mol. The lowest BCUT2D eigenvalue weighted by molar-refractivity contribution is -0.385. The Morgan fingerprint density at radius 3 is 2.66 bits per heavy atom. The molecule has 0 aliphatic carbocycles. The van der Waals surface area contributed by atoms with Gasteiger partial charge in [-0.2, -0.15) is 0 Å². The molecule has 0 amide bonds. The Balaban J connectivity index is 1.55. The summed E-state index contributed by atoms with van der Waals surface area (Å²) < 4.78 is 19.1. The van der Waals surface area contributed by atoms with Crippen LogP contribution in [0.1, 0.15) is 36.8 Å². The van der Waals surface area contributed by atoms with E-state index in [4.69, 9.17) is 13.9 Å². The summed E-state index contributed by atoms with van der Waals surface area (Å²) in [6, 6.07) is 18.8. The molecular weight excluding hydrogens is 582 g/mol. The molecule has 0 unspecified atom stereocenters. The van der Waals surface area contributed by atoms with Gasteiger partial charge in [0.2, 0.25) is 0 Å². The average Bonchev–Trinajstić information content (AvgIpc) is 3.59. The van der Waals surface area contributed by atoms with Gasteiger partial charge in [-0.1, -0.05) is 53.8 Å². The molecule has 1 aliphatic rings. The number of allylic oxidation sites excluding steroid dienone is 1. The minimum Gasteiger partial charge on any atom is -0.496 e. The highest BCUT2D eigenvalue weighted by Gasteiger charge is 2.36. The molecule has 6 rings (SSSR count). The molecule has 10 nitrogen and oxygen atoms in total. The van der Waals surface area contributed by atoms with E-state index in [9.17, 15) is 19.7 Å². The number of carbonyl (C=O) groups is 1. The fourth-order valence-corrected chi connectivity index (χ4v) is 6.62. The second-order valence-electron chi connectivity index (χ2n) is 10.1. The second kappa shape index (κ2) is 11.4. The predicted molar refractivity (Wildman–Crippen MR) is 166 cm³/mol. The Hall–Kier alpha value is -5.29. The normalized spacial score (nSPS) is 14.8. The third kappa shape index (κ3) is 4.80. The van der Waals surface area contributed by atoms with E-state index < -0.39 is 16.9 Å². The molecule has 3 aromatic carbocycles. The van der Waals surface area contributed by atoms with Gasteiger partial charge in [0, 0.05) is 28.8 Å². The number of hydrogen-bond acceptors (Lipinski definition) is 9. The summed E-state index contributed by atoms with van der Waals surface area (Å²) in [5.74, 6) is 0.773. The van der Waals surface area contributed by atoms with E-state index >= 15 is 0 Å². The molecule has 0 radical (unpaired) electrons. The molecule has 1 atom stereocenters. The van der Waals surface area contributed by atoms with Gasteiger partial charge in [0.15, 0.2) is 4.80 Å². The predicted octanol–water partition coefficient (Wildman–Crippen LogP) is 5.44. The van der Waals surface area contributed by atoms with Crippen LogP contribution in [0.5, 0.6) is 5.75 Å². The van der Waals surface area contributed by atoms with Crippen LogP contribution in [0.2, 0.25) is 0 Å². The zero-order chi connectivity index (χ0) is 31.1. The highest BCUT2D eigenvalue weighted by Crippen LogP contribution is 2.40. The molecule has 11 heteroatoms. The Kier molecular flexibility index (Phi) is 7.48. The van der Waals surface area contributed by atoms with E-state index in [0.29, 0.717) is 49.0 Å². The molecule has 3 heterocycles. The van der Waals surface area contributed by atoms with Gasteiger partial charge in [0.05, 0.1) is 34.4 Å². The maximum absolute atomic E-state index is 14.2. The zero-order valence-corrected chi connectivity index (χ0v) is 25.1. The van der Waals surface area contributed by atoms with E-state index in [-0.39, 0.29) is 23.4 Å². The van der Waals surface area contributed by atoms with Crippen molar-refractivity contribution < 1.29 is 23.6 Å². The van der Waals surface area contributed by atoms with Crippen LogP contribution >= 0.6 is 11.3 Å². The number of thiazole rings is 1. The van der Waals surface area contributed by atoms with Crippen molar-refractivity contribution in [1.82, 2.24) is 4.57 Å². The number of fused-ring (bicyclic) bond motifs is 2. The molecule has 0 saturated heterocycles. The Bertz CT molecular complexity index is 2190. The lowest BCUT2D eigenvalue weighted by Crippen LogP contribution is -2.40. The van der Waals surface area contributed by atoms with Crippen LogP contribution in [0.3, 0.4) is 0 Å². The number of nitrogens with zero attached hydrogens (tertiary/aromatic N) is 3. The molecule has 0 bridgehead atoms. The molecule has 2 aromatic heterocycles. The quantitative estimate of drug-likeness (QED) is 0.137. The second-order valence-corrected chi connectivity index (χ2v) is 11.1. The molecule has 0 saturated carbocycles. The Morgan fingerprint density at radius 2 is 1.91 bits per heavy atom. The molecule has 0 fully saturated rings. The first-order valence-corrected chi connectivity index (χ1v) is 14.6. The molecular formula is C33H27N3O7S. The van der Waals surface area contributed by atoms with Gasteiger partial charge in [-0.3, -0.25) is 19.5 Å². The first-order valence-electron chi connectivity index (χ1n) is 13.8. The number of benzene rings is 3. The Morgan fingerprint density at radius 1 is 1.11 bits per heavy atom. The van der Waals surface area contributed by atoms with E-state index in [1.165, 1.54) is 22.0 Å². The van der Waals surface area contributed by atoms with Gasteiger partial charge >= 0.3 is 5.97 Å². The lowest BCUT2D eigenvalue weighted by Gasteiger charge is -2.27. The van der Waals surface area contributed by atoms with Crippen LogP contribution in [-0.2, 0) is 9.53 Å². The fraction of sp³-hybridized carbons (Fsp3) is 0.182. The molecule has 0 N–H and O–H groups in total. The number of methoxy groups -OCH3 is 1. The summed E-state index contributed by atoms with van der Waals surface area (Å²) in [5.41, 5.74) is 2.02. The van der Waals surface area contributed by atoms with Crippen LogP contribution in [0.25, 0.3) is 28.2 Å². The highest BCUT2D eigenvalue weighted by molar-refractivity contribution is 7.07. The third-order valence-electron chi connectivity index (χ3n) is 7.61. The molecule has 5 aromatic rings. The van der Waals surface area contributed by atoms with E-state index in [1.807, 2.05) is 36.4 Å². The van der Waals surface area contributed by atoms with Crippen molar-refractivity contribution in [3.05, 3.63) is 125 Å². The Labute approximate surface area is 255 Å². The van der Waals surface area contributed by atoms with E-state index in [1.54, 1.807) is 58.2 Å². The van der Waals surface area contributed by atoms with Gasteiger partial charge in [0.25, 0.3) is 11.2 Å². The summed E-state index contributed by atoms with van der Waals surface area (Å²) in [6.45, 7) is 5.28. The van der Waals surface area contributed by atoms with Gasteiger partial charge in [-0.05, 0) is 49.7 Å². The number of hydrogen-bond donors (Lipinski definition) is 0. The largest absolute Gasteiger partial charge is 0.496 e. The number of carbonyl (C=O) groups excluding carboxylic acids is 1. The first kappa shape index (κ1) is 28.8. The van der Waals surface area contributed by atoms with Gasteiger partial charge in [0.1, 0.15) is 23.3 Å². The maximum Gasteiger partial charge on any atom is 0.338 e. The number of aromatic nitrogens is 1. The fourth-order valence-electron chi connectivity index (χ4n) is 5.59.